The van der Waals surface area contributed by atoms with Crippen LogP contribution in [0.1, 0.15) is 27.3 Å². The topological polar surface area (TPSA) is 54.3 Å². The number of benzene rings is 2. The summed E-state index contributed by atoms with van der Waals surface area (Å²) in [7, 11) is 0. The fourth-order valence-electron chi connectivity index (χ4n) is 3.71. The summed E-state index contributed by atoms with van der Waals surface area (Å²) in [6, 6.07) is 16.9. The second kappa shape index (κ2) is 7.17. The number of carbonyl (C=O) groups excluding carboxylic acids is 2. The van der Waals surface area contributed by atoms with Crippen LogP contribution in [0.5, 0.6) is 0 Å². The lowest BCUT2D eigenvalue weighted by Crippen LogP contribution is -2.35. The van der Waals surface area contributed by atoms with Crippen LogP contribution in [0.3, 0.4) is 0 Å². The van der Waals surface area contributed by atoms with E-state index < -0.39 is 0 Å². The van der Waals surface area contributed by atoms with Gasteiger partial charge in [0.05, 0.1) is 5.56 Å². The zero-order valence-electron chi connectivity index (χ0n) is 15.7. The maximum atomic E-state index is 13.3. The molecule has 2 heterocycles. The Balaban J connectivity index is 1.71. The van der Waals surface area contributed by atoms with Crippen molar-refractivity contribution in [1.82, 2.24) is 9.47 Å². The summed E-state index contributed by atoms with van der Waals surface area (Å²) in [6.07, 6.45) is 0. The number of anilines is 1. The van der Waals surface area contributed by atoms with E-state index in [0.29, 0.717) is 17.1 Å². The van der Waals surface area contributed by atoms with Crippen molar-refractivity contribution >= 4 is 29.1 Å². The minimum atomic E-state index is -0.193. The molecule has 1 aliphatic rings. The van der Waals surface area contributed by atoms with Crippen molar-refractivity contribution in [2.75, 3.05) is 11.9 Å². The van der Waals surface area contributed by atoms with Crippen LogP contribution in [-0.4, -0.2) is 27.8 Å². The van der Waals surface area contributed by atoms with Crippen LogP contribution >= 0.6 is 11.6 Å². The molecule has 0 atom stereocenters. The number of aryl methyl sites for hydroxylation is 1. The number of hydrogen-bond acceptors (Lipinski definition) is 2. The highest BCUT2D eigenvalue weighted by Crippen LogP contribution is 2.26. The number of carbonyl (C=O) groups is 2. The van der Waals surface area contributed by atoms with E-state index in [4.69, 9.17) is 11.6 Å². The molecule has 0 spiro atoms. The second-order valence-electron chi connectivity index (χ2n) is 6.97. The van der Waals surface area contributed by atoms with Gasteiger partial charge in [0.15, 0.2) is 0 Å². The first-order valence-electron chi connectivity index (χ1n) is 9.06. The molecule has 0 radical (unpaired) electrons. The van der Waals surface area contributed by atoms with Crippen LogP contribution in [0.4, 0.5) is 5.69 Å². The molecule has 1 N–H and O–H groups in total. The van der Waals surface area contributed by atoms with E-state index in [1.165, 1.54) is 0 Å². The summed E-state index contributed by atoms with van der Waals surface area (Å²) in [6.45, 7) is 4.27. The number of rotatable bonds is 2. The molecule has 3 aromatic rings. The van der Waals surface area contributed by atoms with Crippen molar-refractivity contribution in [2.45, 2.75) is 20.4 Å². The average molecular weight is 394 g/mol. The first kappa shape index (κ1) is 18.3. The molecule has 0 aliphatic carbocycles. The van der Waals surface area contributed by atoms with Gasteiger partial charge in [-0.2, -0.15) is 0 Å². The third kappa shape index (κ3) is 3.29. The van der Waals surface area contributed by atoms with Gasteiger partial charge in [-0.15, -0.1) is 0 Å². The number of amides is 2. The van der Waals surface area contributed by atoms with E-state index in [9.17, 15) is 9.59 Å². The summed E-state index contributed by atoms with van der Waals surface area (Å²) in [5, 5.41) is 3.51. The highest BCUT2D eigenvalue weighted by molar-refractivity contribution is 6.30. The first-order valence-corrected chi connectivity index (χ1v) is 9.44. The van der Waals surface area contributed by atoms with Crippen LogP contribution in [0, 0.1) is 13.8 Å². The van der Waals surface area contributed by atoms with Gasteiger partial charge in [0.1, 0.15) is 6.54 Å². The average Bonchev–Trinajstić information content (AvgIpc) is 2.85. The van der Waals surface area contributed by atoms with Gasteiger partial charge in [-0.3, -0.25) is 9.59 Å². The normalized spacial score (nSPS) is 13.7. The molecule has 4 rings (SSSR count). The Kier molecular flexibility index (Phi) is 4.69. The Morgan fingerprint density at radius 2 is 1.82 bits per heavy atom. The Morgan fingerprint density at radius 3 is 2.61 bits per heavy atom. The highest BCUT2D eigenvalue weighted by atomic mass is 35.5. The van der Waals surface area contributed by atoms with Crippen LogP contribution in [0.25, 0.3) is 5.69 Å². The van der Waals surface area contributed by atoms with Gasteiger partial charge in [0.25, 0.3) is 5.91 Å². The van der Waals surface area contributed by atoms with Gasteiger partial charge in [-0.1, -0.05) is 35.9 Å². The lowest BCUT2D eigenvalue weighted by molar-refractivity contribution is -0.116. The standard InChI is InChI=1S/C22H20ClN3O2/c1-14-10-19(15(2)26(14)18-8-5-7-17(23)11-18)22(28)25-12-16-6-3-4-9-20(16)24-21(27)13-25/h3-11H,12-13H2,1-2H3,(H,24,27). The number of para-hydroxylation sites is 1. The SMILES string of the molecule is Cc1cc(C(=O)N2CC(=O)Nc3ccccc3C2)c(C)n1-c1cccc(Cl)c1. The molecule has 142 valence electrons. The van der Waals surface area contributed by atoms with E-state index in [1.54, 1.807) is 4.90 Å². The van der Waals surface area contributed by atoms with Crippen molar-refractivity contribution in [2.24, 2.45) is 0 Å². The molecule has 0 saturated heterocycles. The van der Waals surface area contributed by atoms with Gasteiger partial charge >= 0.3 is 0 Å². The molecular formula is C22H20ClN3O2. The van der Waals surface area contributed by atoms with Crippen molar-refractivity contribution in [3.8, 4) is 5.69 Å². The number of fused-ring (bicyclic) bond motifs is 1. The van der Waals surface area contributed by atoms with Gasteiger partial charge in [0, 0.05) is 34.3 Å². The smallest absolute Gasteiger partial charge is 0.256 e. The van der Waals surface area contributed by atoms with E-state index in [-0.39, 0.29) is 18.4 Å². The van der Waals surface area contributed by atoms with E-state index in [2.05, 4.69) is 5.32 Å². The third-order valence-corrected chi connectivity index (χ3v) is 5.24. The second-order valence-corrected chi connectivity index (χ2v) is 7.40. The van der Waals surface area contributed by atoms with E-state index in [1.807, 2.05) is 73.0 Å². The monoisotopic (exact) mass is 393 g/mol. The zero-order valence-corrected chi connectivity index (χ0v) is 16.5. The summed E-state index contributed by atoms with van der Waals surface area (Å²) >= 11 is 6.14. The van der Waals surface area contributed by atoms with E-state index >= 15 is 0 Å². The molecule has 0 bridgehead atoms. The number of halogens is 1. The number of aromatic nitrogens is 1. The maximum absolute atomic E-state index is 13.3. The molecule has 5 nitrogen and oxygen atoms in total. The minimum Gasteiger partial charge on any atom is -0.325 e. The van der Waals surface area contributed by atoms with Gasteiger partial charge in [-0.05, 0) is 49.7 Å². The molecule has 28 heavy (non-hydrogen) atoms. The molecular weight excluding hydrogens is 374 g/mol. The predicted molar refractivity (Wildman–Crippen MR) is 110 cm³/mol. The van der Waals surface area contributed by atoms with Crippen LogP contribution < -0.4 is 5.32 Å². The number of nitrogens with one attached hydrogen (secondary N) is 1. The maximum Gasteiger partial charge on any atom is 0.256 e. The lowest BCUT2D eigenvalue weighted by atomic mass is 10.1. The predicted octanol–water partition coefficient (Wildman–Crippen LogP) is 4.34. The number of hydrogen-bond donors (Lipinski definition) is 1. The summed E-state index contributed by atoms with van der Waals surface area (Å²) < 4.78 is 2.00. The van der Waals surface area contributed by atoms with Crippen molar-refractivity contribution < 1.29 is 9.59 Å². The molecule has 0 unspecified atom stereocenters. The molecule has 2 aromatic carbocycles. The van der Waals surface area contributed by atoms with E-state index in [0.717, 1.165) is 28.3 Å². The van der Waals surface area contributed by atoms with Gasteiger partial charge in [-0.25, -0.2) is 0 Å². The molecule has 0 fully saturated rings. The Labute approximate surface area is 168 Å². The van der Waals surface area contributed by atoms with Crippen molar-refractivity contribution in [3.63, 3.8) is 0 Å². The zero-order chi connectivity index (χ0) is 19.8. The van der Waals surface area contributed by atoms with Crippen molar-refractivity contribution in [1.29, 1.82) is 0 Å². The third-order valence-electron chi connectivity index (χ3n) is 5.00. The molecule has 1 aromatic heterocycles. The Hall–Kier alpha value is -3.05. The molecule has 0 saturated carbocycles. The van der Waals surface area contributed by atoms with Crippen LogP contribution in [0.2, 0.25) is 5.02 Å². The summed E-state index contributed by atoms with van der Waals surface area (Å²) in [5.74, 6) is -0.352. The lowest BCUT2D eigenvalue weighted by Gasteiger charge is -2.20. The van der Waals surface area contributed by atoms with Crippen LogP contribution in [0.15, 0.2) is 54.6 Å². The fraction of sp³-hybridized carbons (Fsp3) is 0.182. The summed E-state index contributed by atoms with van der Waals surface area (Å²) in [5.41, 5.74) is 4.92. The largest absolute Gasteiger partial charge is 0.325 e. The van der Waals surface area contributed by atoms with Gasteiger partial charge < -0.3 is 14.8 Å². The molecule has 2 amide bonds. The highest BCUT2D eigenvalue weighted by Gasteiger charge is 2.26. The Morgan fingerprint density at radius 1 is 1.04 bits per heavy atom. The first-order chi connectivity index (χ1) is 13.4. The Bertz CT molecular complexity index is 1090. The van der Waals surface area contributed by atoms with Gasteiger partial charge in [0.2, 0.25) is 5.91 Å². The fourth-order valence-corrected chi connectivity index (χ4v) is 3.90. The minimum absolute atomic E-state index is 0.0222. The number of nitrogens with zero attached hydrogens (tertiary/aromatic N) is 2. The summed E-state index contributed by atoms with van der Waals surface area (Å²) in [4.78, 5) is 27.2. The quantitative estimate of drug-likeness (QED) is 0.704. The van der Waals surface area contributed by atoms with Crippen molar-refractivity contribution in [3.05, 3.63) is 82.1 Å². The molecule has 1 aliphatic heterocycles. The van der Waals surface area contributed by atoms with Crippen LogP contribution in [-0.2, 0) is 11.3 Å². The molecule has 6 heteroatoms.